The van der Waals surface area contributed by atoms with Gasteiger partial charge in [0.15, 0.2) is 0 Å². The Kier molecular flexibility index (Phi) is 13.2. The third kappa shape index (κ3) is 10.2. The molecule has 0 aliphatic heterocycles. The van der Waals surface area contributed by atoms with E-state index in [2.05, 4.69) is 4.90 Å². The number of ether oxygens (including phenoxy) is 2. The van der Waals surface area contributed by atoms with Crippen LogP contribution in [0.1, 0.15) is 59.7 Å². The Morgan fingerprint density at radius 1 is 0.915 bits per heavy atom. The molecule has 0 aliphatic rings. The first-order valence-corrected chi connectivity index (χ1v) is 15.3. The highest BCUT2D eigenvalue weighted by Crippen LogP contribution is 2.44. The van der Waals surface area contributed by atoms with Crippen LogP contribution in [0.4, 0.5) is 13.2 Å². The van der Waals surface area contributed by atoms with Crippen molar-refractivity contribution in [1.29, 1.82) is 0 Å². The number of nitrogens with two attached hydrogens (primary N) is 1. The second kappa shape index (κ2) is 16.8. The van der Waals surface area contributed by atoms with Crippen LogP contribution in [0.25, 0.3) is 21.9 Å². The van der Waals surface area contributed by atoms with Crippen LogP contribution in [-0.2, 0) is 17.8 Å². The first-order chi connectivity index (χ1) is 22.3. The van der Waals surface area contributed by atoms with Gasteiger partial charge in [0.25, 0.3) is 5.91 Å². The number of primary amides is 1. The van der Waals surface area contributed by atoms with Crippen LogP contribution in [-0.4, -0.2) is 55.6 Å². The summed E-state index contributed by atoms with van der Waals surface area (Å²) in [6, 6.07) is 20.2. The number of aliphatic carboxylic acids is 1. The molecule has 252 valence electrons. The Bertz CT molecular complexity index is 1670. The summed E-state index contributed by atoms with van der Waals surface area (Å²) in [6.07, 6.45) is 1.56. The number of benzene rings is 4. The van der Waals surface area contributed by atoms with Crippen LogP contribution in [0.2, 0.25) is 0 Å². The predicted octanol–water partition coefficient (Wildman–Crippen LogP) is 8.03. The average molecular weight is 653 g/mol. The molecule has 0 aliphatic carbocycles. The van der Waals surface area contributed by atoms with Crippen LogP contribution in [0, 0.1) is 12.7 Å². The zero-order valence-corrected chi connectivity index (χ0v) is 27.5. The number of carbonyl (C=O) groups is 2. The van der Waals surface area contributed by atoms with Gasteiger partial charge in [0.05, 0.1) is 25.3 Å². The van der Waals surface area contributed by atoms with E-state index in [1.165, 1.54) is 12.1 Å². The Morgan fingerprint density at radius 3 is 2.19 bits per heavy atom. The van der Waals surface area contributed by atoms with Gasteiger partial charge in [-0.2, -0.15) is 0 Å². The van der Waals surface area contributed by atoms with Crippen molar-refractivity contribution in [3.63, 3.8) is 0 Å². The number of hydrogen-bond donors (Lipinski definition) is 2. The fourth-order valence-corrected chi connectivity index (χ4v) is 5.57. The molecule has 0 heterocycles. The number of methoxy groups -OCH3 is 2. The summed E-state index contributed by atoms with van der Waals surface area (Å²) in [5.74, 6) is -3.36. The highest BCUT2D eigenvalue weighted by molar-refractivity contribution is 6.01. The summed E-state index contributed by atoms with van der Waals surface area (Å²) in [5, 5.41) is 11.1. The Hall–Kier alpha value is -4.57. The number of carbonyl (C=O) groups excluding carboxylic acids is 1. The van der Waals surface area contributed by atoms with Crippen molar-refractivity contribution in [2.75, 3.05) is 27.8 Å². The number of halogens is 3. The second-order valence-electron chi connectivity index (χ2n) is 11.6. The van der Waals surface area contributed by atoms with Crippen molar-refractivity contribution in [3.05, 3.63) is 94.8 Å². The van der Waals surface area contributed by atoms with Crippen molar-refractivity contribution < 1.29 is 37.3 Å². The number of carboxylic acid groups (broad SMARTS) is 1. The number of fused-ring (bicyclic) bond motifs is 1. The Balaban J connectivity index is 0.000000461. The number of aryl methyl sites for hydroxylation is 2. The SMILES string of the molecule is COc1ccc(CN(C)CCCCC(C)(F)F)c(OC)c1-c1cccc2c(CCC(=O)O)cccc12.Cc1cccc(F)c1C(N)=O. The maximum Gasteiger partial charge on any atom is 0.303 e. The van der Waals surface area contributed by atoms with E-state index < -0.39 is 23.6 Å². The summed E-state index contributed by atoms with van der Waals surface area (Å²) in [7, 11) is 5.23. The minimum atomic E-state index is -2.63. The van der Waals surface area contributed by atoms with Gasteiger partial charge in [-0.25, -0.2) is 13.2 Å². The number of rotatable bonds is 14. The molecule has 0 atom stereocenters. The molecule has 0 fully saturated rings. The van der Waals surface area contributed by atoms with Crippen LogP contribution in [0.15, 0.2) is 66.7 Å². The van der Waals surface area contributed by atoms with E-state index in [9.17, 15) is 22.8 Å². The predicted molar refractivity (Wildman–Crippen MR) is 179 cm³/mol. The van der Waals surface area contributed by atoms with E-state index in [0.29, 0.717) is 49.4 Å². The molecule has 1 amide bonds. The molecule has 0 spiro atoms. The summed E-state index contributed by atoms with van der Waals surface area (Å²) in [6.45, 7) is 3.89. The highest BCUT2D eigenvalue weighted by Gasteiger charge is 2.22. The largest absolute Gasteiger partial charge is 0.496 e. The van der Waals surface area contributed by atoms with Gasteiger partial charge in [0.1, 0.15) is 17.3 Å². The number of hydrogen-bond acceptors (Lipinski definition) is 5. The molecule has 10 heteroatoms. The molecule has 0 radical (unpaired) electrons. The summed E-state index contributed by atoms with van der Waals surface area (Å²) < 4.78 is 50.7. The number of nitrogens with zero attached hydrogens (tertiary/aromatic N) is 1. The molecule has 0 unspecified atom stereocenters. The lowest BCUT2D eigenvalue weighted by Crippen LogP contribution is -2.20. The molecule has 0 saturated heterocycles. The van der Waals surface area contributed by atoms with E-state index in [-0.39, 0.29) is 18.4 Å². The smallest absolute Gasteiger partial charge is 0.303 e. The van der Waals surface area contributed by atoms with Gasteiger partial charge < -0.3 is 25.2 Å². The molecule has 4 aromatic rings. The normalized spacial score (nSPS) is 11.3. The van der Waals surface area contributed by atoms with Crippen molar-refractivity contribution >= 4 is 22.6 Å². The number of carboxylic acids is 1. The second-order valence-corrected chi connectivity index (χ2v) is 11.6. The third-order valence-electron chi connectivity index (χ3n) is 7.83. The topological polar surface area (TPSA) is 102 Å². The van der Waals surface area contributed by atoms with Crippen LogP contribution in [0.5, 0.6) is 11.5 Å². The fourth-order valence-electron chi connectivity index (χ4n) is 5.57. The Labute approximate surface area is 274 Å². The molecule has 0 bridgehead atoms. The maximum absolute atomic E-state index is 13.1. The molecule has 0 aromatic heterocycles. The summed E-state index contributed by atoms with van der Waals surface area (Å²) in [4.78, 5) is 23.9. The van der Waals surface area contributed by atoms with E-state index in [4.69, 9.17) is 20.3 Å². The van der Waals surface area contributed by atoms with Gasteiger partial charge in [-0.05, 0) is 86.3 Å². The zero-order chi connectivity index (χ0) is 34.7. The third-order valence-corrected chi connectivity index (χ3v) is 7.83. The molecule has 4 aromatic carbocycles. The minimum absolute atomic E-state index is 0.0208. The Morgan fingerprint density at radius 2 is 1.60 bits per heavy atom. The molecular formula is C37H43F3N2O5. The molecule has 7 nitrogen and oxygen atoms in total. The van der Waals surface area contributed by atoms with E-state index in [0.717, 1.165) is 39.9 Å². The highest BCUT2D eigenvalue weighted by atomic mass is 19.3. The van der Waals surface area contributed by atoms with Gasteiger partial charge in [-0.3, -0.25) is 9.59 Å². The lowest BCUT2D eigenvalue weighted by Gasteiger charge is -2.22. The van der Waals surface area contributed by atoms with E-state index in [1.54, 1.807) is 27.2 Å². The monoisotopic (exact) mass is 652 g/mol. The van der Waals surface area contributed by atoms with Crippen molar-refractivity contribution in [3.8, 4) is 22.6 Å². The molecule has 4 rings (SSSR count). The number of alkyl halides is 2. The van der Waals surface area contributed by atoms with Crippen molar-refractivity contribution in [1.82, 2.24) is 4.90 Å². The van der Waals surface area contributed by atoms with Gasteiger partial charge in [0, 0.05) is 24.9 Å². The minimum Gasteiger partial charge on any atom is -0.496 e. The molecule has 3 N–H and O–H groups in total. The molecule has 0 saturated carbocycles. The van der Waals surface area contributed by atoms with Gasteiger partial charge in [0.2, 0.25) is 5.92 Å². The average Bonchev–Trinajstić information content (AvgIpc) is 3.01. The standard InChI is InChI=1S/C29H35F2NO4.C8H8FNO/c1-29(30,31)17-5-6-18-32(2)19-21-13-15-25(35-3)27(28(21)36-4)24-12-8-10-22-20(14-16-26(33)34)9-7-11-23(22)24;1-5-3-2-4-6(9)7(5)8(10)11/h7-13,15H,5-6,14,16-19H2,1-4H3,(H,33,34);2-4H,1H3,(H2,10,11). The van der Waals surface area contributed by atoms with Crippen molar-refractivity contribution in [2.45, 2.75) is 58.4 Å². The van der Waals surface area contributed by atoms with E-state index in [1.807, 2.05) is 55.6 Å². The number of unbranched alkanes of at least 4 members (excludes halogenated alkanes) is 1. The van der Waals surface area contributed by atoms with Crippen LogP contribution in [0.3, 0.4) is 0 Å². The first kappa shape index (κ1) is 36.9. The lowest BCUT2D eigenvalue weighted by atomic mass is 9.92. The number of amides is 1. The van der Waals surface area contributed by atoms with Gasteiger partial charge >= 0.3 is 5.97 Å². The summed E-state index contributed by atoms with van der Waals surface area (Å²) in [5.41, 5.74) is 9.20. The molecule has 47 heavy (non-hydrogen) atoms. The quantitative estimate of drug-likeness (QED) is 0.134. The lowest BCUT2D eigenvalue weighted by molar-refractivity contribution is -0.136. The maximum atomic E-state index is 13.1. The summed E-state index contributed by atoms with van der Waals surface area (Å²) >= 11 is 0. The van der Waals surface area contributed by atoms with Gasteiger partial charge in [-0.1, -0.05) is 54.6 Å². The molecular weight excluding hydrogens is 609 g/mol. The van der Waals surface area contributed by atoms with E-state index >= 15 is 0 Å². The van der Waals surface area contributed by atoms with Crippen LogP contribution >= 0.6 is 0 Å². The first-order valence-electron chi connectivity index (χ1n) is 15.3. The van der Waals surface area contributed by atoms with Crippen molar-refractivity contribution in [2.24, 2.45) is 5.73 Å². The fraction of sp³-hybridized carbons (Fsp3) is 0.351. The van der Waals surface area contributed by atoms with Crippen LogP contribution < -0.4 is 15.2 Å². The zero-order valence-electron chi connectivity index (χ0n) is 27.5. The van der Waals surface area contributed by atoms with Gasteiger partial charge in [-0.15, -0.1) is 0 Å².